The fourth-order valence-corrected chi connectivity index (χ4v) is 4.64. The van der Waals surface area contributed by atoms with E-state index in [0.29, 0.717) is 28.4 Å². The molecule has 1 amide bonds. The lowest BCUT2D eigenvalue weighted by atomic mass is 9.94. The molecule has 1 aromatic carbocycles. The highest BCUT2D eigenvalue weighted by Crippen LogP contribution is 2.30. The van der Waals surface area contributed by atoms with Crippen LogP contribution in [0.1, 0.15) is 53.2 Å². The maximum atomic E-state index is 12.8. The number of likely N-dealkylation sites (tertiary alicyclic amines) is 1. The number of pyridine rings is 1. The van der Waals surface area contributed by atoms with Crippen molar-refractivity contribution in [3.8, 4) is 0 Å². The summed E-state index contributed by atoms with van der Waals surface area (Å²) in [5.74, 6) is 2.84. The molecule has 1 unspecified atom stereocenters. The average molecular weight is 467 g/mol. The molecule has 1 aliphatic heterocycles. The summed E-state index contributed by atoms with van der Waals surface area (Å²) in [5, 5.41) is 6.88. The number of nitrogens with one attached hydrogen (secondary N) is 2. The molecule has 33 heavy (non-hydrogen) atoms. The van der Waals surface area contributed by atoms with Crippen molar-refractivity contribution in [3.63, 3.8) is 0 Å². The number of amides is 1. The molecule has 7 heteroatoms. The minimum Gasteiger partial charge on any atom is -0.466 e. The normalized spacial score (nSPS) is 15.9. The second kappa shape index (κ2) is 10.4. The number of carbonyl (C=O) groups is 1. The van der Waals surface area contributed by atoms with E-state index in [0.717, 1.165) is 49.7 Å². The number of piperidine rings is 1. The number of para-hydroxylation sites is 1. The summed E-state index contributed by atoms with van der Waals surface area (Å²) < 4.78 is 5.73. The van der Waals surface area contributed by atoms with E-state index >= 15 is 0 Å². The highest BCUT2D eigenvalue weighted by Gasteiger charge is 2.25. The van der Waals surface area contributed by atoms with Gasteiger partial charge in [0.25, 0.3) is 5.91 Å². The van der Waals surface area contributed by atoms with E-state index < -0.39 is 0 Å². The number of hydrogen-bond donors (Lipinski definition) is 2. The maximum absolute atomic E-state index is 12.8. The van der Waals surface area contributed by atoms with Crippen molar-refractivity contribution in [3.05, 3.63) is 76.3 Å². The van der Waals surface area contributed by atoms with Crippen molar-refractivity contribution in [1.29, 1.82) is 0 Å². The third kappa shape index (κ3) is 5.75. The second-order valence-electron chi connectivity index (χ2n) is 8.77. The Morgan fingerprint density at radius 2 is 1.97 bits per heavy atom. The van der Waals surface area contributed by atoms with Crippen molar-refractivity contribution in [2.75, 3.05) is 30.3 Å². The van der Waals surface area contributed by atoms with Gasteiger partial charge in [-0.15, -0.1) is 0 Å². The summed E-state index contributed by atoms with van der Waals surface area (Å²) in [6.07, 6.45) is 3.76. The molecular weight excluding hydrogens is 436 g/mol. The van der Waals surface area contributed by atoms with Gasteiger partial charge in [-0.25, -0.2) is 4.98 Å². The molecule has 3 aromatic rings. The number of hydrogen-bond acceptors (Lipinski definition) is 5. The SMILES string of the molecule is Cc1cc(C(C)N2CCC(CNc3ccccc3C(=O)Nc3ccc(Cl)cn3)CC2)c(C)o1. The predicted molar refractivity (Wildman–Crippen MR) is 133 cm³/mol. The van der Waals surface area contributed by atoms with Crippen molar-refractivity contribution in [1.82, 2.24) is 9.88 Å². The van der Waals surface area contributed by atoms with Gasteiger partial charge < -0.3 is 15.1 Å². The lowest BCUT2D eigenvalue weighted by molar-refractivity contribution is 0.102. The first-order valence-corrected chi connectivity index (χ1v) is 11.9. The zero-order valence-electron chi connectivity index (χ0n) is 19.4. The minimum absolute atomic E-state index is 0.192. The Labute approximate surface area is 200 Å². The van der Waals surface area contributed by atoms with Gasteiger partial charge in [0.05, 0.1) is 10.6 Å². The Morgan fingerprint density at radius 1 is 1.21 bits per heavy atom. The second-order valence-corrected chi connectivity index (χ2v) is 9.20. The van der Waals surface area contributed by atoms with Crippen LogP contribution in [0.3, 0.4) is 0 Å². The van der Waals surface area contributed by atoms with E-state index in [9.17, 15) is 4.79 Å². The minimum atomic E-state index is -0.192. The molecule has 4 rings (SSSR count). The monoisotopic (exact) mass is 466 g/mol. The summed E-state index contributed by atoms with van der Waals surface area (Å²) in [6.45, 7) is 9.27. The molecular formula is C26H31ClN4O2. The topological polar surface area (TPSA) is 70.4 Å². The fourth-order valence-electron chi connectivity index (χ4n) is 4.53. The van der Waals surface area contributed by atoms with Crippen LogP contribution in [0.5, 0.6) is 0 Å². The number of nitrogens with zero attached hydrogens (tertiary/aromatic N) is 2. The molecule has 3 heterocycles. The summed E-state index contributed by atoms with van der Waals surface area (Å²) in [7, 11) is 0. The number of aryl methyl sites for hydroxylation is 2. The number of furan rings is 1. The molecule has 0 spiro atoms. The maximum Gasteiger partial charge on any atom is 0.258 e. The zero-order chi connectivity index (χ0) is 23.4. The van der Waals surface area contributed by atoms with Crippen molar-refractivity contribution in [2.24, 2.45) is 5.92 Å². The first-order chi connectivity index (χ1) is 15.9. The Morgan fingerprint density at radius 3 is 2.64 bits per heavy atom. The van der Waals surface area contributed by atoms with Gasteiger partial charge in [-0.3, -0.25) is 9.69 Å². The molecule has 1 fully saturated rings. The third-order valence-electron chi connectivity index (χ3n) is 6.45. The number of halogens is 1. The van der Waals surface area contributed by atoms with E-state index in [4.69, 9.17) is 16.0 Å². The number of aromatic nitrogens is 1. The predicted octanol–water partition coefficient (Wildman–Crippen LogP) is 6.08. The fraction of sp³-hybridized carbons (Fsp3) is 0.385. The first-order valence-electron chi connectivity index (χ1n) is 11.5. The number of anilines is 2. The van der Waals surface area contributed by atoms with E-state index in [1.54, 1.807) is 12.1 Å². The van der Waals surface area contributed by atoms with Crippen LogP contribution in [0.25, 0.3) is 0 Å². The van der Waals surface area contributed by atoms with Gasteiger partial charge in [-0.1, -0.05) is 23.7 Å². The summed E-state index contributed by atoms with van der Waals surface area (Å²) in [5.41, 5.74) is 2.73. The summed E-state index contributed by atoms with van der Waals surface area (Å²) in [4.78, 5) is 19.5. The molecule has 2 N–H and O–H groups in total. The van der Waals surface area contributed by atoms with Crippen LogP contribution in [0.15, 0.2) is 53.1 Å². The molecule has 0 aliphatic carbocycles. The van der Waals surface area contributed by atoms with Gasteiger partial charge in [0.2, 0.25) is 0 Å². The molecule has 0 saturated carbocycles. The Bertz CT molecular complexity index is 1090. The molecule has 2 aromatic heterocycles. The summed E-state index contributed by atoms with van der Waals surface area (Å²) in [6, 6.07) is 13.5. The number of rotatable bonds is 7. The van der Waals surface area contributed by atoms with Crippen LogP contribution in [-0.2, 0) is 0 Å². The highest BCUT2D eigenvalue weighted by atomic mass is 35.5. The van der Waals surface area contributed by atoms with Crippen LogP contribution in [0.4, 0.5) is 11.5 Å². The lowest BCUT2D eigenvalue weighted by Crippen LogP contribution is -2.37. The van der Waals surface area contributed by atoms with Crippen molar-refractivity contribution in [2.45, 2.75) is 39.7 Å². The Hall–Kier alpha value is -2.83. The van der Waals surface area contributed by atoms with Gasteiger partial charge in [0.1, 0.15) is 17.3 Å². The van der Waals surface area contributed by atoms with Crippen LogP contribution in [0, 0.1) is 19.8 Å². The van der Waals surface area contributed by atoms with E-state index in [1.165, 1.54) is 11.8 Å². The zero-order valence-corrected chi connectivity index (χ0v) is 20.2. The number of carbonyl (C=O) groups excluding carboxylic acids is 1. The van der Waals surface area contributed by atoms with Gasteiger partial charge in [0, 0.05) is 30.0 Å². The smallest absolute Gasteiger partial charge is 0.258 e. The van der Waals surface area contributed by atoms with E-state index in [-0.39, 0.29) is 5.91 Å². The van der Waals surface area contributed by atoms with Gasteiger partial charge in [0.15, 0.2) is 0 Å². The molecule has 6 nitrogen and oxygen atoms in total. The molecule has 0 radical (unpaired) electrons. The van der Waals surface area contributed by atoms with Gasteiger partial charge in [-0.05, 0) is 83.0 Å². The van der Waals surface area contributed by atoms with Crippen LogP contribution in [0.2, 0.25) is 5.02 Å². The van der Waals surface area contributed by atoms with E-state index in [2.05, 4.69) is 33.5 Å². The average Bonchev–Trinajstić information content (AvgIpc) is 3.17. The number of benzene rings is 1. The molecule has 1 atom stereocenters. The molecule has 174 valence electrons. The molecule has 1 saturated heterocycles. The first kappa shape index (κ1) is 23.3. The molecule has 1 aliphatic rings. The van der Waals surface area contributed by atoms with Crippen LogP contribution >= 0.6 is 11.6 Å². The van der Waals surface area contributed by atoms with E-state index in [1.807, 2.05) is 38.1 Å². The summed E-state index contributed by atoms with van der Waals surface area (Å²) >= 11 is 5.88. The largest absolute Gasteiger partial charge is 0.466 e. The van der Waals surface area contributed by atoms with Crippen LogP contribution < -0.4 is 10.6 Å². The quantitative estimate of drug-likeness (QED) is 0.441. The van der Waals surface area contributed by atoms with Crippen molar-refractivity contribution >= 4 is 29.0 Å². The highest BCUT2D eigenvalue weighted by molar-refractivity contribution is 6.30. The van der Waals surface area contributed by atoms with Gasteiger partial charge in [-0.2, -0.15) is 0 Å². The van der Waals surface area contributed by atoms with Crippen molar-refractivity contribution < 1.29 is 9.21 Å². The standard InChI is InChI=1S/C26H31ClN4O2/c1-17-14-23(19(3)33-17)18(2)31-12-10-20(11-13-31)15-28-24-7-5-4-6-22(24)26(32)30-25-9-8-21(27)16-29-25/h4-9,14,16,18,20,28H,10-13,15H2,1-3H3,(H,29,30,32). The van der Waals surface area contributed by atoms with Gasteiger partial charge >= 0.3 is 0 Å². The van der Waals surface area contributed by atoms with Crippen LogP contribution in [-0.4, -0.2) is 35.4 Å². The third-order valence-corrected chi connectivity index (χ3v) is 6.67. The molecule has 0 bridgehead atoms. The Kier molecular flexibility index (Phi) is 7.36. The Balaban J connectivity index is 1.31. The lowest BCUT2D eigenvalue weighted by Gasteiger charge is -2.36.